The van der Waals surface area contributed by atoms with Crippen LogP contribution >= 0.6 is 0 Å². The predicted molar refractivity (Wildman–Crippen MR) is 90.5 cm³/mol. The van der Waals surface area contributed by atoms with Crippen LogP contribution in [0.5, 0.6) is 11.5 Å². The molecule has 2 aliphatic heterocycles. The minimum atomic E-state index is -0.165. The maximum atomic E-state index is 12.3. The summed E-state index contributed by atoms with van der Waals surface area (Å²) in [5.74, 6) is 0.589. The van der Waals surface area contributed by atoms with Crippen LogP contribution in [0.25, 0.3) is 6.08 Å². The highest BCUT2D eigenvalue weighted by molar-refractivity contribution is 6.14. The largest absolute Gasteiger partial charge is 0.508 e. The SMILES string of the molecule is O=C1C(=Cc2ccc(N3CCOCC3)cc2)Oc2cc(O)ccc21. The molecule has 1 N–H and O–H groups in total. The van der Waals surface area contributed by atoms with Crippen molar-refractivity contribution in [2.45, 2.75) is 0 Å². The van der Waals surface area contributed by atoms with Gasteiger partial charge in [-0.15, -0.1) is 0 Å². The summed E-state index contributed by atoms with van der Waals surface area (Å²) in [6.45, 7) is 3.28. The van der Waals surface area contributed by atoms with E-state index in [1.54, 1.807) is 12.1 Å². The Kier molecular flexibility index (Phi) is 3.70. The van der Waals surface area contributed by atoms with Crippen LogP contribution < -0.4 is 9.64 Å². The molecule has 1 saturated heterocycles. The van der Waals surface area contributed by atoms with Crippen molar-refractivity contribution in [1.29, 1.82) is 0 Å². The molecule has 2 aromatic rings. The molecule has 0 unspecified atom stereocenters. The molecular formula is C19H17NO4. The maximum Gasteiger partial charge on any atom is 0.231 e. The Morgan fingerprint density at radius 1 is 1.04 bits per heavy atom. The molecule has 0 radical (unpaired) electrons. The second-order valence-corrected chi connectivity index (χ2v) is 5.81. The van der Waals surface area contributed by atoms with Gasteiger partial charge in [0.15, 0.2) is 5.76 Å². The summed E-state index contributed by atoms with van der Waals surface area (Å²) in [6.07, 6.45) is 1.72. The zero-order valence-electron chi connectivity index (χ0n) is 13.1. The number of phenols is 1. The van der Waals surface area contributed by atoms with Crippen LogP contribution in [0.4, 0.5) is 5.69 Å². The topological polar surface area (TPSA) is 59.0 Å². The molecule has 0 amide bonds. The zero-order chi connectivity index (χ0) is 16.5. The first-order chi connectivity index (χ1) is 11.7. The number of phenolic OH excluding ortho intramolecular Hbond substituents is 1. The number of nitrogens with zero attached hydrogens (tertiary/aromatic N) is 1. The molecule has 0 saturated carbocycles. The van der Waals surface area contributed by atoms with Crippen LogP contribution in [0.15, 0.2) is 48.2 Å². The Hall–Kier alpha value is -2.79. The van der Waals surface area contributed by atoms with Crippen LogP contribution in [0.2, 0.25) is 0 Å². The Bertz CT molecular complexity index is 805. The lowest BCUT2D eigenvalue weighted by atomic mass is 10.1. The molecule has 0 atom stereocenters. The number of ether oxygens (including phenoxy) is 2. The molecule has 2 aliphatic rings. The number of anilines is 1. The van der Waals surface area contributed by atoms with Crippen molar-refractivity contribution in [1.82, 2.24) is 0 Å². The number of hydrogen-bond donors (Lipinski definition) is 1. The van der Waals surface area contributed by atoms with Crippen molar-refractivity contribution >= 4 is 17.5 Å². The summed E-state index contributed by atoms with van der Waals surface area (Å²) in [6, 6.07) is 12.5. The first-order valence-corrected chi connectivity index (χ1v) is 7.91. The van der Waals surface area contributed by atoms with E-state index in [0.717, 1.165) is 37.6 Å². The summed E-state index contributed by atoms with van der Waals surface area (Å²) in [7, 11) is 0. The lowest BCUT2D eigenvalue weighted by Crippen LogP contribution is -2.36. The van der Waals surface area contributed by atoms with Crippen LogP contribution in [0.3, 0.4) is 0 Å². The number of morpholine rings is 1. The highest BCUT2D eigenvalue weighted by atomic mass is 16.5. The number of rotatable bonds is 2. The minimum Gasteiger partial charge on any atom is -0.508 e. The first kappa shape index (κ1) is 14.8. The third-order valence-corrected chi connectivity index (χ3v) is 4.22. The molecular weight excluding hydrogens is 306 g/mol. The van der Waals surface area contributed by atoms with Gasteiger partial charge in [-0.2, -0.15) is 0 Å². The quantitative estimate of drug-likeness (QED) is 0.861. The fourth-order valence-corrected chi connectivity index (χ4v) is 2.93. The van der Waals surface area contributed by atoms with E-state index in [2.05, 4.69) is 4.90 Å². The molecule has 24 heavy (non-hydrogen) atoms. The van der Waals surface area contributed by atoms with E-state index in [1.807, 2.05) is 24.3 Å². The third-order valence-electron chi connectivity index (χ3n) is 4.22. The maximum absolute atomic E-state index is 12.3. The highest BCUT2D eigenvalue weighted by Gasteiger charge is 2.27. The van der Waals surface area contributed by atoms with Crippen molar-refractivity contribution in [2.75, 3.05) is 31.2 Å². The number of carbonyl (C=O) groups is 1. The number of hydrogen-bond acceptors (Lipinski definition) is 5. The summed E-state index contributed by atoms with van der Waals surface area (Å²) >= 11 is 0. The van der Waals surface area contributed by atoms with Gasteiger partial charge in [0.2, 0.25) is 5.78 Å². The van der Waals surface area contributed by atoms with Gasteiger partial charge in [-0.25, -0.2) is 0 Å². The van der Waals surface area contributed by atoms with E-state index in [4.69, 9.17) is 9.47 Å². The van der Waals surface area contributed by atoms with Crippen molar-refractivity contribution in [3.63, 3.8) is 0 Å². The Morgan fingerprint density at radius 2 is 1.79 bits per heavy atom. The number of Topliss-reactive ketones (excluding diaryl/α,β-unsaturated/α-hetero) is 1. The number of ketones is 1. The molecule has 0 aromatic heterocycles. The third kappa shape index (κ3) is 2.74. The highest BCUT2D eigenvalue weighted by Crippen LogP contribution is 2.34. The van der Waals surface area contributed by atoms with Gasteiger partial charge >= 0.3 is 0 Å². The molecule has 0 aliphatic carbocycles. The second kappa shape index (κ2) is 6.02. The number of fused-ring (bicyclic) bond motifs is 1. The number of carbonyl (C=O) groups excluding carboxylic acids is 1. The minimum absolute atomic E-state index is 0.0812. The monoisotopic (exact) mass is 323 g/mol. The van der Waals surface area contributed by atoms with Crippen LogP contribution in [0.1, 0.15) is 15.9 Å². The summed E-state index contributed by atoms with van der Waals surface area (Å²) < 4.78 is 10.9. The smallest absolute Gasteiger partial charge is 0.231 e. The van der Waals surface area contributed by atoms with E-state index >= 15 is 0 Å². The van der Waals surface area contributed by atoms with E-state index in [-0.39, 0.29) is 17.3 Å². The van der Waals surface area contributed by atoms with E-state index < -0.39 is 0 Å². The molecule has 5 heteroatoms. The standard InChI is InChI=1S/C19H17NO4/c21-15-5-6-16-17(12-15)24-18(19(16)22)11-13-1-3-14(4-2-13)20-7-9-23-10-8-20/h1-6,11-12,21H,7-10H2. The summed E-state index contributed by atoms with van der Waals surface area (Å²) in [4.78, 5) is 14.6. The van der Waals surface area contributed by atoms with Gasteiger partial charge in [0.25, 0.3) is 0 Å². The number of benzene rings is 2. The van der Waals surface area contributed by atoms with Crippen LogP contribution in [-0.2, 0) is 4.74 Å². The Morgan fingerprint density at radius 3 is 2.54 bits per heavy atom. The van der Waals surface area contributed by atoms with Gasteiger partial charge in [-0.3, -0.25) is 4.79 Å². The second-order valence-electron chi connectivity index (χ2n) is 5.81. The van der Waals surface area contributed by atoms with Crippen molar-refractivity contribution < 1.29 is 19.4 Å². The lowest BCUT2D eigenvalue weighted by Gasteiger charge is -2.28. The fourth-order valence-electron chi connectivity index (χ4n) is 2.93. The zero-order valence-corrected chi connectivity index (χ0v) is 13.1. The summed E-state index contributed by atoms with van der Waals surface area (Å²) in [5.41, 5.74) is 2.52. The van der Waals surface area contributed by atoms with Gasteiger partial charge in [-0.1, -0.05) is 12.1 Å². The molecule has 2 aromatic carbocycles. The normalized spacial score (nSPS) is 18.6. The van der Waals surface area contributed by atoms with Gasteiger partial charge in [0.05, 0.1) is 18.8 Å². The molecule has 2 heterocycles. The first-order valence-electron chi connectivity index (χ1n) is 7.91. The molecule has 4 rings (SSSR count). The van der Waals surface area contributed by atoms with Gasteiger partial charge in [0.1, 0.15) is 11.5 Å². The lowest BCUT2D eigenvalue weighted by molar-refractivity contribution is 0.101. The average Bonchev–Trinajstić information content (AvgIpc) is 2.91. The van der Waals surface area contributed by atoms with Crippen molar-refractivity contribution in [3.05, 3.63) is 59.4 Å². The van der Waals surface area contributed by atoms with Gasteiger partial charge in [0, 0.05) is 24.8 Å². The molecule has 0 bridgehead atoms. The molecule has 122 valence electrons. The average molecular weight is 323 g/mol. The van der Waals surface area contributed by atoms with E-state index in [1.165, 1.54) is 12.1 Å². The van der Waals surface area contributed by atoms with Crippen LogP contribution in [-0.4, -0.2) is 37.2 Å². The van der Waals surface area contributed by atoms with Crippen molar-refractivity contribution in [2.24, 2.45) is 0 Å². The van der Waals surface area contributed by atoms with Crippen molar-refractivity contribution in [3.8, 4) is 11.5 Å². The fraction of sp³-hybridized carbons (Fsp3) is 0.211. The molecule has 0 spiro atoms. The van der Waals surface area contributed by atoms with Gasteiger partial charge < -0.3 is 19.5 Å². The predicted octanol–water partition coefficient (Wildman–Crippen LogP) is 2.85. The number of aromatic hydroxyl groups is 1. The number of allylic oxidation sites excluding steroid dienone is 1. The molecule has 1 fully saturated rings. The van der Waals surface area contributed by atoms with Crippen LogP contribution in [0, 0.1) is 0 Å². The summed E-state index contributed by atoms with van der Waals surface area (Å²) in [5, 5.41) is 9.49. The Balaban J connectivity index is 1.55. The molecule has 5 nitrogen and oxygen atoms in total. The van der Waals surface area contributed by atoms with E-state index in [9.17, 15) is 9.90 Å². The van der Waals surface area contributed by atoms with E-state index in [0.29, 0.717) is 11.3 Å². The Labute approximate surface area is 139 Å². The van der Waals surface area contributed by atoms with Gasteiger partial charge in [-0.05, 0) is 35.9 Å².